The second kappa shape index (κ2) is 7.05. The van der Waals surface area contributed by atoms with E-state index in [-0.39, 0.29) is 17.8 Å². The van der Waals surface area contributed by atoms with Gasteiger partial charge in [0, 0.05) is 15.1 Å². The maximum Gasteiger partial charge on any atom is 0.283 e. The third kappa shape index (κ3) is 3.41. The third-order valence-corrected chi connectivity index (χ3v) is 4.76. The second-order valence-corrected chi connectivity index (χ2v) is 7.11. The second-order valence-electron chi connectivity index (χ2n) is 5.76. The van der Waals surface area contributed by atoms with Gasteiger partial charge >= 0.3 is 0 Å². The van der Waals surface area contributed by atoms with Crippen molar-refractivity contribution in [3.05, 3.63) is 80.3 Å². The fourth-order valence-corrected chi connectivity index (χ4v) is 2.98. The summed E-state index contributed by atoms with van der Waals surface area (Å²) in [6.45, 7) is -0.144. The topological polar surface area (TPSA) is 82.7 Å². The summed E-state index contributed by atoms with van der Waals surface area (Å²) >= 11 is 9.20. The monoisotopic (exact) mass is 443 g/mol. The van der Waals surface area contributed by atoms with Gasteiger partial charge in [0.05, 0.1) is 12.2 Å². The summed E-state index contributed by atoms with van der Waals surface area (Å²) in [5.41, 5.74) is 1.19. The van der Waals surface area contributed by atoms with Crippen LogP contribution in [-0.4, -0.2) is 30.3 Å². The van der Waals surface area contributed by atoms with Crippen LogP contribution in [0.4, 0.5) is 0 Å². The first kappa shape index (κ1) is 17.6. The number of benzene rings is 2. The average molecular weight is 445 g/mol. The van der Waals surface area contributed by atoms with Gasteiger partial charge in [-0.1, -0.05) is 32.7 Å². The van der Waals surface area contributed by atoms with Gasteiger partial charge in [-0.3, -0.25) is 14.2 Å². The van der Waals surface area contributed by atoms with Gasteiger partial charge in [-0.05, 0) is 48.5 Å². The van der Waals surface area contributed by atoms with Crippen LogP contribution in [-0.2, 0) is 6.54 Å². The standard InChI is InChI=1S/C18H11BrClN5O2/c19-12-3-7-14(8-4-12)25-17-16(22-23-25)18(27)24(10-21-17)9-15(26)11-1-5-13(20)6-2-11/h1-8,10H,9H2. The SMILES string of the molecule is O=C(Cn1cnc2c(nnn2-c2ccc(Br)cc2)c1=O)c1ccc(Cl)cc1. The Labute approximate surface area is 166 Å². The first-order valence-corrected chi connectivity index (χ1v) is 9.05. The van der Waals surface area contributed by atoms with Gasteiger partial charge in [0.1, 0.15) is 6.33 Å². The number of ketones is 1. The number of Topliss-reactive ketones (excluding diaryl/α,β-unsaturated/α-hetero) is 1. The van der Waals surface area contributed by atoms with Crippen molar-refractivity contribution in [2.75, 3.05) is 0 Å². The van der Waals surface area contributed by atoms with Gasteiger partial charge in [-0.15, -0.1) is 5.10 Å². The highest BCUT2D eigenvalue weighted by Gasteiger charge is 2.15. The van der Waals surface area contributed by atoms with E-state index in [9.17, 15) is 9.59 Å². The summed E-state index contributed by atoms with van der Waals surface area (Å²) in [4.78, 5) is 29.3. The summed E-state index contributed by atoms with van der Waals surface area (Å²) in [6, 6.07) is 13.9. The van der Waals surface area contributed by atoms with Crippen LogP contribution in [0, 0.1) is 0 Å². The predicted octanol–water partition coefficient (Wildman–Crippen LogP) is 3.28. The van der Waals surface area contributed by atoms with Crippen LogP contribution in [0.3, 0.4) is 0 Å². The van der Waals surface area contributed by atoms with Crippen LogP contribution in [0.2, 0.25) is 5.02 Å². The van der Waals surface area contributed by atoms with Crippen molar-refractivity contribution in [3.63, 3.8) is 0 Å². The van der Waals surface area contributed by atoms with Crippen LogP contribution >= 0.6 is 27.5 Å². The van der Waals surface area contributed by atoms with Crippen LogP contribution in [0.25, 0.3) is 16.9 Å². The van der Waals surface area contributed by atoms with Gasteiger partial charge in [0.25, 0.3) is 5.56 Å². The van der Waals surface area contributed by atoms with Gasteiger partial charge in [-0.2, -0.15) is 4.68 Å². The van der Waals surface area contributed by atoms with Crippen molar-refractivity contribution in [2.45, 2.75) is 6.54 Å². The lowest BCUT2D eigenvalue weighted by molar-refractivity contribution is 0.0970. The quantitative estimate of drug-likeness (QED) is 0.451. The van der Waals surface area contributed by atoms with E-state index in [1.54, 1.807) is 24.3 Å². The first-order valence-electron chi connectivity index (χ1n) is 7.88. The molecule has 7 nitrogen and oxygen atoms in total. The van der Waals surface area contributed by atoms with E-state index >= 15 is 0 Å². The molecule has 0 spiro atoms. The molecule has 0 saturated carbocycles. The molecule has 0 aliphatic heterocycles. The summed E-state index contributed by atoms with van der Waals surface area (Å²) in [5, 5.41) is 8.50. The Balaban J connectivity index is 1.69. The lowest BCUT2D eigenvalue weighted by Crippen LogP contribution is -2.25. The fraction of sp³-hybridized carbons (Fsp3) is 0.0556. The van der Waals surface area contributed by atoms with E-state index in [1.807, 2.05) is 24.3 Å². The number of carbonyl (C=O) groups excluding carboxylic acids is 1. The lowest BCUT2D eigenvalue weighted by Gasteiger charge is -2.05. The maximum atomic E-state index is 12.7. The predicted molar refractivity (Wildman–Crippen MR) is 104 cm³/mol. The van der Waals surface area contributed by atoms with E-state index in [4.69, 9.17) is 11.6 Å². The smallest absolute Gasteiger partial charge is 0.283 e. The number of fused-ring (bicyclic) bond motifs is 1. The highest BCUT2D eigenvalue weighted by atomic mass is 79.9. The zero-order chi connectivity index (χ0) is 19.0. The first-order chi connectivity index (χ1) is 13.0. The van der Waals surface area contributed by atoms with Gasteiger partial charge in [-0.25, -0.2) is 4.98 Å². The number of halogens is 2. The van der Waals surface area contributed by atoms with Crippen molar-refractivity contribution in [1.29, 1.82) is 0 Å². The molecule has 27 heavy (non-hydrogen) atoms. The molecule has 2 aromatic heterocycles. The minimum atomic E-state index is -0.425. The molecule has 0 atom stereocenters. The zero-order valence-corrected chi connectivity index (χ0v) is 16.1. The number of hydrogen-bond acceptors (Lipinski definition) is 5. The Morgan fingerprint density at radius 3 is 2.48 bits per heavy atom. The van der Waals surface area contributed by atoms with Crippen LogP contribution in [0.15, 0.2) is 64.1 Å². The summed E-state index contributed by atoms with van der Waals surface area (Å²) in [7, 11) is 0. The minimum absolute atomic E-state index is 0.101. The molecule has 0 aliphatic rings. The molecule has 0 bridgehead atoms. The molecule has 0 aliphatic carbocycles. The van der Waals surface area contributed by atoms with Crippen molar-refractivity contribution in [2.24, 2.45) is 0 Å². The summed E-state index contributed by atoms with van der Waals surface area (Å²) in [5.74, 6) is -0.227. The molecule has 4 aromatic rings. The molecular formula is C18H11BrClN5O2. The largest absolute Gasteiger partial charge is 0.292 e. The van der Waals surface area contributed by atoms with E-state index in [2.05, 4.69) is 31.2 Å². The van der Waals surface area contributed by atoms with Crippen LogP contribution < -0.4 is 5.56 Å². The summed E-state index contributed by atoms with van der Waals surface area (Å²) < 4.78 is 3.63. The number of carbonyl (C=O) groups is 1. The van der Waals surface area contributed by atoms with Crippen LogP contribution in [0.1, 0.15) is 10.4 Å². The van der Waals surface area contributed by atoms with Crippen molar-refractivity contribution in [3.8, 4) is 5.69 Å². The molecule has 0 radical (unpaired) electrons. The average Bonchev–Trinajstić information content (AvgIpc) is 3.10. The van der Waals surface area contributed by atoms with E-state index in [0.29, 0.717) is 16.2 Å². The molecule has 2 aromatic carbocycles. The van der Waals surface area contributed by atoms with Gasteiger partial charge < -0.3 is 0 Å². The van der Waals surface area contributed by atoms with Crippen molar-refractivity contribution in [1.82, 2.24) is 24.5 Å². The number of rotatable bonds is 4. The summed E-state index contributed by atoms with van der Waals surface area (Å²) in [6.07, 6.45) is 1.33. The van der Waals surface area contributed by atoms with E-state index in [1.165, 1.54) is 15.6 Å². The van der Waals surface area contributed by atoms with E-state index in [0.717, 1.165) is 10.2 Å². The molecule has 0 N–H and O–H groups in total. The molecule has 0 saturated heterocycles. The molecule has 0 fully saturated rings. The highest BCUT2D eigenvalue weighted by molar-refractivity contribution is 9.10. The molecular weight excluding hydrogens is 434 g/mol. The molecule has 2 heterocycles. The maximum absolute atomic E-state index is 12.7. The molecule has 9 heteroatoms. The lowest BCUT2D eigenvalue weighted by atomic mass is 10.1. The minimum Gasteiger partial charge on any atom is -0.292 e. The van der Waals surface area contributed by atoms with Crippen molar-refractivity contribution >= 4 is 44.5 Å². The highest BCUT2D eigenvalue weighted by Crippen LogP contribution is 2.16. The number of hydrogen-bond donors (Lipinski definition) is 0. The van der Waals surface area contributed by atoms with Gasteiger partial charge in [0.2, 0.25) is 0 Å². The Morgan fingerprint density at radius 1 is 1.07 bits per heavy atom. The molecule has 4 rings (SSSR count). The molecule has 134 valence electrons. The Bertz CT molecular complexity index is 1200. The van der Waals surface area contributed by atoms with E-state index < -0.39 is 5.56 Å². The molecule has 0 amide bonds. The number of nitrogens with zero attached hydrogens (tertiary/aromatic N) is 5. The fourth-order valence-electron chi connectivity index (χ4n) is 2.59. The number of aromatic nitrogens is 5. The Hall–Kier alpha value is -2.84. The third-order valence-electron chi connectivity index (χ3n) is 3.98. The normalized spacial score (nSPS) is 11.0. The van der Waals surface area contributed by atoms with Gasteiger partial charge in [0.15, 0.2) is 16.9 Å². The van der Waals surface area contributed by atoms with Crippen LogP contribution in [0.5, 0.6) is 0 Å². The molecule has 0 unspecified atom stereocenters. The Morgan fingerprint density at radius 2 is 1.78 bits per heavy atom. The van der Waals surface area contributed by atoms with Crippen molar-refractivity contribution < 1.29 is 4.79 Å². The zero-order valence-electron chi connectivity index (χ0n) is 13.7. The Kier molecular flexibility index (Phi) is 4.59.